The fourth-order valence-corrected chi connectivity index (χ4v) is 2.79. The average molecular weight is 305 g/mol. The van der Waals surface area contributed by atoms with Gasteiger partial charge in [0.15, 0.2) is 0 Å². The Morgan fingerprint density at radius 1 is 1.45 bits per heavy atom. The van der Waals surface area contributed by atoms with Gasteiger partial charge in [-0.3, -0.25) is 0 Å². The number of likely N-dealkylation sites (tertiary alicyclic amines) is 1. The molecule has 1 atom stereocenters. The summed E-state index contributed by atoms with van der Waals surface area (Å²) in [6, 6.07) is 7.84. The van der Waals surface area contributed by atoms with Crippen molar-refractivity contribution in [3.63, 3.8) is 0 Å². The highest BCUT2D eigenvalue weighted by atomic mass is 16.3. The first-order valence-corrected chi connectivity index (χ1v) is 8.06. The molecule has 2 rings (SSSR count). The van der Waals surface area contributed by atoms with Crippen molar-refractivity contribution in [1.82, 2.24) is 4.90 Å². The van der Waals surface area contributed by atoms with E-state index in [0.29, 0.717) is 19.0 Å². The van der Waals surface area contributed by atoms with Crippen LogP contribution < -0.4 is 10.2 Å². The van der Waals surface area contributed by atoms with Crippen LogP contribution in [-0.2, 0) is 0 Å². The number of benzene rings is 1. The summed E-state index contributed by atoms with van der Waals surface area (Å²) in [5.41, 5.74) is 1.91. The van der Waals surface area contributed by atoms with Gasteiger partial charge in [0.25, 0.3) is 0 Å². The average Bonchev–Trinajstić information content (AvgIpc) is 2.54. The molecule has 22 heavy (non-hydrogen) atoms. The van der Waals surface area contributed by atoms with Crippen LogP contribution in [0.2, 0.25) is 0 Å². The van der Waals surface area contributed by atoms with Crippen LogP contribution >= 0.6 is 0 Å². The highest BCUT2D eigenvalue weighted by Crippen LogP contribution is 2.22. The van der Waals surface area contributed by atoms with Crippen molar-refractivity contribution >= 4 is 17.4 Å². The van der Waals surface area contributed by atoms with Gasteiger partial charge < -0.3 is 20.2 Å². The summed E-state index contributed by atoms with van der Waals surface area (Å²) in [5, 5.41) is 12.6. The Hall–Kier alpha value is -1.75. The van der Waals surface area contributed by atoms with Crippen LogP contribution in [-0.4, -0.2) is 48.8 Å². The third-order valence-corrected chi connectivity index (χ3v) is 4.52. The standard InChI is InChI=1S/C17H27N3O2/c1-4-19(3)16-7-5-6-15(12-16)18-17(22)20-10-8-14(9-11-20)13(2)21/h5-7,12-14,21H,4,8-11H2,1-3H3,(H,18,22). The fourth-order valence-electron chi connectivity index (χ4n) is 2.79. The molecule has 2 amide bonds. The first-order valence-electron chi connectivity index (χ1n) is 8.06. The molecule has 1 aliphatic rings. The highest BCUT2D eigenvalue weighted by molar-refractivity contribution is 5.90. The van der Waals surface area contributed by atoms with E-state index in [9.17, 15) is 9.90 Å². The van der Waals surface area contributed by atoms with E-state index in [-0.39, 0.29) is 12.1 Å². The molecule has 1 fully saturated rings. The van der Waals surface area contributed by atoms with E-state index in [1.165, 1.54) is 0 Å². The zero-order chi connectivity index (χ0) is 16.1. The minimum Gasteiger partial charge on any atom is -0.393 e. The van der Waals surface area contributed by atoms with Crippen LogP contribution in [0, 0.1) is 5.92 Å². The summed E-state index contributed by atoms with van der Waals surface area (Å²) in [5.74, 6) is 0.311. The summed E-state index contributed by atoms with van der Waals surface area (Å²) in [4.78, 5) is 16.3. The second-order valence-corrected chi connectivity index (χ2v) is 6.06. The predicted molar refractivity (Wildman–Crippen MR) is 90.4 cm³/mol. The lowest BCUT2D eigenvalue weighted by atomic mass is 9.92. The maximum Gasteiger partial charge on any atom is 0.321 e. The Labute approximate surface area is 132 Å². The van der Waals surface area contributed by atoms with Crippen molar-refractivity contribution in [3.8, 4) is 0 Å². The molecule has 0 aliphatic carbocycles. The lowest BCUT2D eigenvalue weighted by Crippen LogP contribution is -2.42. The number of nitrogens with zero attached hydrogens (tertiary/aromatic N) is 2. The summed E-state index contributed by atoms with van der Waals surface area (Å²) < 4.78 is 0. The minimum atomic E-state index is -0.286. The Morgan fingerprint density at radius 2 is 2.14 bits per heavy atom. The Morgan fingerprint density at radius 3 is 2.73 bits per heavy atom. The SMILES string of the molecule is CCN(C)c1cccc(NC(=O)N2CCC(C(C)O)CC2)c1. The van der Waals surface area contributed by atoms with Crippen LogP contribution in [0.25, 0.3) is 0 Å². The summed E-state index contributed by atoms with van der Waals surface area (Å²) >= 11 is 0. The number of anilines is 2. The number of hydrogen-bond donors (Lipinski definition) is 2. The van der Waals surface area contributed by atoms with E-state index in [1.54, 1.807) is 0 Å². The topological polar surface area (TPSA) is 55.8 Å². The molecular weight excluding hydrogens is 278 g/mol. The largest absolute Gasteiger partial charge is 0.393 e. The highest BCUT2D eigenvalue weighted by Gasteiger charge is 2.25. The van der Waals surface area contributed by atoms with E-state index >= 15 is 0 Å². The zero-order valence-electron chi connectivity index (χ0n) is 13.7. The van der Waals surface area contributed by atoms with Gasteiger partial charge in [-0.2, -0.15) is 0 Å². The molecular formula is C17H27N3O2. The first-order chi connectivity index (χ1) is 10.5. The van der Waals surface area contributed by atoms with Gasteiger partial charge in [0.1, 0.15) is 0 Å². The van der Waals surface area contributed by atoms with Crippen LogP contribution in [0.15, 0.2) is 24.3 Å². The second kappa shape index (κ2) is 7.49. The Bertz CT molecular complexity index is 496. The summed E-state index contributed by atoms with van der Waals surface area (Å²) in [6.07, 6.45) is 1.44. The van der Waals surface area contributed by atoms with E-state index in [2.05, 4.69) is 17.1 Å². The van der Waals surface area contributed by atoms with Gasteiger partial charge in [-0.05, 0) is 50.8 Å². The number of hydrogen-bond acceptors (Lipinski definition) is 3. The van der Waals surface area contributed by atoms with E-state index in [1.807, 2.05) is 43.1 Å². The molecule has 0 aromatic heterocycles. The number of rotatable bonds is 4. The molecule has 2 N–H and O–H groups in total. The fraction of sp³-hybridized carbons (Fsp3) is 0.588. The number of aliphatic hydroxyl groups is 1. The van der Waals surface area contributed by atoms with Crippen LogP contribution in [0.5, 0.6) is 0 Å². The molecule has 1 saturated heterocycles. The molecule has 0 bridgehead atoms. The lowest BCUT2D eigenvalue weighted by molar-refractivity contribution is 0.0820. The summed E-state index contributed by atoms with van der Waals surface area (Å²) in [6.45, 7) is 6.25. The third-order valence-electron chi connectivity index (χ3n) is 4.52. The smallest absolute Gasteiger partial charge is 0.321 e. The van der Waals surface area contributed by atoms with Crippen LogP contribution in [0.1, 0.15) is 26.7 Å². The normalized spacial score (nSPS) is 17.2. The van der Waals surface area contributed by atoms with Gasteiger partial charge in [0, 0.05) is 38.1 Å². The van der Waals surface area contributed by atoms with E-state index < -0.39 is 0 Å². The van der Waals surface area contributed by atoms with Gasteiger partial charge in [0.05, 0.1) is 6.10 Å². The molecule has 0 spiro atoms. The number of nitrogens with one attached hydrogen (secondary N) is 1. The number of urea groups is 1. The molecule has 5 nitrogen and oxygen atoms in total. The van der Waals surface area contributed by atoms with Crippen molar-refractivity contribution in [3.05, 3.63) is 24.3 Å². The summed E-state index contributed by atoms with van der Waals surface area (Å²) in [7, 11) is 2.03. The second-order valence-electron chi connectivity index (χ2n) is 6.06. The van der Waals surface area contributed by atoms with Crippen molar-refractivity contribution in [2.75, 3.05) is 36.9 Å². The minimum absolute atomic E-state index is 0.0552. The van der Waals surface area contributed by atoms with Crippen molar-refractivity contribution in [2.24, 2.45) is 5.92 Å². The molecule has 1 aromatic rings. The lowest BCUT2D eigenvalue weighted by Gasteiger charge is -2.33. The van der Waals surface area contributed by atoms with Crippen molar-refractivity contribution in [1.29, 1.82) is 0 Å². The molecule has 1 unspecified atom stereocenters. The number of aliphatic hydroxyl groups excluding tert-OH is 1. The van der Waals surface area contributed by atoms with Gasteiger partial charge in [-0.25, -0.2) is 4.79 Å². The molecule has 122 valence electrons. The number of piperidine rings is 1. The molecule has 1 heterocycles. The van der Waals surface area contributed by atoms with Gasteiger partial charge >= 0.3 is 6.03 Å². The molecule has 1 aliphatic heterocycles. The quantitative estimate of drug-likeness (QED) is 0.899. The maximum atomic E-state index is 12.3. The van der Waals surface area contributed by atoms with E-state index in [4.69, 9.17) is 0 Å². The van der Waals surface area contributed by atoms with Crippen molar-refractivity contribution < 1.29 is 9.90 Å². The first kappa shape index (κ1) is 16.6. The van der Waals surface area contributed by atoms with Gasteiger partial charge in [0.2, 0.25) is 0 Å². The van der Waals surface area contributed by atoms with Gasteiger partial charge in [-0.1, -0.05) is 6.07 Å². The van der Waals surface area contributed by atoms with Crippen LogP contribution in [0.3, 0.4) is 0 Å². The predicted octanol–water partition coefficient (Wildman–Crippen LogP) is 2.77. The molecule has 1 aromatic carbocycles. The number of carbonyl (C=O) groups excluding carboxylic acids is 1. The van der Waals surface area contributed by atoms with Crippen LogP contribution in [0.4, 0.5) is 16.2 Å². The zero-order valence-corrected chi connectivity index (χ0v) is 13.7. The number of amides is 2. The van der Waals surface area contributed by atoms with Gasteiger partial charge in [-0.15, -0.1) is 0 Å². The maximum absolute atomic E-state index is 12.3. The number of carbonyl (C=O) groups is 1. The third kappa shape index (κ3) is 4.13. The molecule has 0 saturated carbocycles. The Balaban J connectivity index is 1.92. The molecule has 5 heteroatoms. The van der Waals surface area contributed by atoms with Crippen molar-refractivity contribution in [2.45, 2.75) is 32.8 Å². The van der Waals surface area contributed by atoms with E-state index in [0.717, 1.165) is 30.8 Å². The Kier molecular flexibility index (Phi) is 5.66. The molecule has 0 radical (unpaired) electrons. The monoisotopic (exact) mass is 305 g/mol.